The quantitative estimate of drug-likeness (QED) is 0.355. The minimum atomic E-state index is -0.495. The molecule has 0 bridgehead atoms. The van der Waals surface area contributed by atoms with E-state index < -0.39 is 4.92 Å². The average Bonchev–Trinajstić information content (AvgIpc) is 2.37. The van der Waals surface area contributed by atoms with Crippen molar-refractivity contribution in [1.29, 1.82) is 0 Å². The van der Waals surface area contributed by atoms with Crippen molar-refractivity contribution in [2.75, 3.05) is 0 Å². The zero-order valence-corrected chi connectivity index (χ0v) is 8.44. The standard InChI is InChI=1S/C10H5N5O2/c16-15(17)7-5-6-8(12-2-1-11-6)10-9(7)13-3-4-14-10/h1-5H. The molecule has 0 aliphatic carbocycles. The average molecular weight is 227 g/mol. The number of nitro groups is 1. The van der Waals surface area contributed by atoms with Gasteiger partial charge in [-0.1, -0.05) is 0 Å². The molecule has 0 radical (unpaired) electrons. The maximum atomic E-state index is 10.9. The molecule has 2 heterocycles. The van der Waals surface area contributed by atoms with E-state index in [0.717, 1.165) is 0 Å². The van der Waals surface area contributed by atoms with Gasteiger partial charge in [-0.15, -0.1) is 0 Å². The molecule has 0 spiro atoms. The number of nitro benzene ring substituents is 1. The summed E-state index contributed by atoms with van der Waals surface area (Å²) >= 11 is 0. The molecule has 1 aromatic carbocycles. The second kappa shape index (κ2) is 3.41. The number of fused-ring (bicyclic) bond motifs is 3. The van der Waals surface area contributed by atoms with Gasteiger partial charge in [0, 0.05) is 30.9 Å². The Morgan fingerprint density at radius 2 is 1.47 bits per heavy atom. The van der Waals surface area contributed by atoms with Crippen molar-refractivity contribution in [3.8, 4) is 0 Å². The highest BCUT2D eigenvalue weighted by Gasteiger charge is 2.17. The minimum absolute atomic E-state index is 0.110. The molecule has 3 aromatic rings. The number of hydrogen-bond donors (Lipinski definition) is 0. The van der Waals surface area contributed by atoms with Crippen LogP contribution in [0.5, 0.6) is 0 Å². The van der Waals surface area contributed by atoms with E-state index in [0.29, 0.717) is 16.6 Å². The SMILES string of the molecule is O=[N+]([O-])c1cc2nccnc2c2nccnc12. The van der Waals surface area contributed by atoms with Crippen molar-refractivity contribution >= 4 is 27.8 Å². The molecule has 0 amide bonds. The number of aromatic nitrogens is 4. The summed E-state index contributed by atoms with van der Waals surface area (Å²) in [4.78, 5) is 26.7. The third-order valence-corrected chi connectivity index (χ3v) is 2.36. The molecule has 0 fully saturated rings. The van der Waals surface area contributed by atoms with Gasteiger partial charge >= 0.3 is 0 Å². The van der Waals surface area contributed by atoms with Gasteiger partial charge in [-0.3, -0.25) is 25.1 Å². The van der Waals surface area contributed by atoms with E-state index >= 15 is 0 Å². The van der Waals surface area contributed by atoms with Crippen LogP contribution in [0.3, 0.4) is 0 Å². The minimum Gasteiger partial charge on any atom is -0.258 e. The first kappa shape index (κ1) is 9.52. The highest BCUT2D eigenvalue weighted by molar-refractivity contribution is 6.03. The summed E-state index contributed by atoms with van der Waals surface area (Å²) in [6, 6.07) is 1.36. The predicted molar refractivity (Wildman–Crippen MR) is 59.3 cm³/mol. The molecule has 0 saturated carbocycles. The summed E-state index contributed by atoms with van der Waals surface area (Å²) in [5.74, 6) is 0. The Morgan fingerprint density at radius 1 is 0.882 bits per heavy atom. The van der Waals surface area contributed by atoms with E-state index in [9.17, 15) is 10.1 Å². The van der Waals surface area contributed by atoms with Crippen molar-refractivity contribution in [2.45, 2.75) is 0 Å². The predicted octanol–water partition coefficient (Wildman–Crippen LogP) is 1.48. The van der Waals surface area contributed by atoms with Crippen LogP contribution < -0.4 is 0 Å². The van der Waals surface area contributed by atoms with Gasteiger partial charge in [-0.25, -0.2) is 4.98 Å². The van der Waals surface area contributed by atoms with Crippen LogP contribution in [0, 0.1) is 10.1 Å². The lowest BCUT2D eigenvalue weighted by atomic mass is 10.2. The summed E-state index contributed by atoms with van der Waals surface area (Å²) < 4.78 is 0. The fourth-order valence-electron chi connectivity index (χ4n) is 1.67. The van der Waals surface area contributed by atoms with Crippen LogP contribution in [0.2, 0.25) is 0 Å². The maximum absolute atomic E-state index is 10.9. The summed E-state index contributed by atoms with van der Waals surface area (Å²) in [5, 5.41) is 10.9. The Morgan fingerprint density at radius 3 is 2.18 bits per heavy atom. The van der Waals surface area contributed by atoms with Gasteiger partial charge in [-0.2, -0.15) is 0 Å². The monoisotopic (exact) mass is 227 g/mol. The summed E-state index contributed by atoms with van der Waals surface area (Å²) in [5.41, 5.74) is 1.46. The maximum Gasteiger partial charge on any atom is 0.299 e. The molecule has 0 aliphatic rings. The van der Waals surface area contributed by atoms with Gasteiger partial charge in [0.1, 0.15) is 11.0 Å². The first-order valence-corrected chi connectivity index (χ1v) is 4.76. The van der Waals surface area contributed by atoms with Crippen LogP contribution in [0.4, 0.5) is 5.69 Å². The molecule has 0 N–H and O–H groups in total. The summed E-state index contributed by atoms with van der Waals surface area (Å²) in [6.45, 7) is 0. The molecule has 17 heavy (non-hydrogen) atoms. The van der Waals surface area contributed by atoms with Crippen LogP contribution >= 0.6 is 0 Å². The van der Waals surface area contributed by atoms with Crippen LogP contribution in [0.1, 0.15) is 0 Å². The molecule has 0 saturated heterocycles. The largest absolute Gasteiger partial charge is 0.299 e. The Bertz CT molecular complexity index is 743. The van der Waals surface area contributed by atoms with Crippen molar-refractivity contribution in [1.82, 2.24) is 19.9 Å². The first-order chi connectivity index (χ1) is 8.27. The van der Waals surface area contributed by atoms with E-state index in [1.54, 1.807) is 0 Å². The normalized spacial score (nSPS) is 10.8. The Balaban J connectivity index is 2.59. The van der Waals surface area contributed by atoms with Crippen molar-refractivity contribution in [3.63, 3.8) is 0 Å². The Labute approximate surface area is 94.3 Å². The topological polar surface area (TPSA) is 94.7 Å². The fourth-order valence-corrected chi connectivity index (χ4v) is 1.67. The second-order valence-electron chi connectivity index (χ2n) is 3.33. The zero-order valence-electron chi connectivity index (χ0n) is 8.44. The van der Waals surface area contributed by atoms with Gasteiger partial charge in [-0.05, 0) is 0 Å². The van der Waals surface area contributed by atoms with E-state index in [4.69, 9.17) is 0 Å². The van der Waals surface area contributed by atoms with Crippen molar-refractivity contribution in [2.24, 2.45) is 0 Å². The van der Waals surface area contributed by atoms with E-state index in [-0.39, 0.29) is 11.2 Å². The van der Waals surface area contributed by atoms with Gasteiger partial charge in [0.15, 0.2) is 5.52 Å². The number of benzene rings is 1. The van der Waals surface area contributed by atoms with Gasteiger partial charge in [0.05, 0.1) is 10.4 Å². The number of rotatable bonds is 1. The zero-order chi connectivity index (χ0) is 11.8. The lowest BCUT2D eigenvalue weighted by Crippen LogP contribution is -1.95. The highest BCUT2D eigenvalue weighted by atomic mass is 16.6. The Kier molecular flexibility index (Phi) is 1.91. The highest BCUT2D eigenvalue weighted by Crippen LogP contribution is 2.27. The Hall–Kier alpha value is -2.70. The number of non-ortho nitro benzene ring substituents is 1. The summed E-state index contributed by atoms with van der Waals surface area (Å²) in [6.07, 6.45) is 5.88. The van der Waals surface area contributed by atoms with Gasteiger partial charge < -0.3 is 0 Å². The van der Waals surface area contributed by atoms with E-state index in [1.807, 2.05) is 0 Å². The molecule has 0 atom stereocenters. The molecule has 82 valence electrons. The molecule has 7 nitrogen and oxygen atoms in total. The molecule has 0 unspecified atom stereocenters. The lowest BCUT2D eigenvalue weighted by molar-refractivity contribution is -0.383. The first-order valence-electron chi connectivity index (χ1n) is 4.76. The van der Waals surface area contributed by atoms with Crippen LogP contribution in [0.25, 0.3) is 22.1 Å². The van der Waals surface area contributed by atoms with Crippen LogP contribution in [0.15, 0.2) is 30.9 Å². The fraction of sp³-hybridized carbons (Fsp3) is 0. The molecule has 7 heteroatoms. The van der Waals surface area contributed by atoms with E-state index in [2.05, 4.69) is 19.9 Å². The van der Waals surface area contributed by atoms with Crippen LogP contribution in [-0.4, -0.2) is 24.9 Å². The molecule has 3 rings (SSSR count). The van der Waals surface area contributed by atoms with Gasteiger partial charge in [0.2, 0.25) is 0 Å². The van der Waals surface area contributed by atoms with Gasteiger partial charge in [0.25, 0.3) is 5.69 Å². The smallest absolute Gasteiger partial charge is 0.258 e. The van der Waals surface area contributed by atoms with Crippen LogP contribution in [-0.2, 0) is 0 Å². The number of nitrogens with zero attached hydrogens (tertiary/aromatic N) is 5. The molecule has 2 aromatic heterocycles. The lowest BCUT2D eigenvalue weighted by Gasteiger charge is -2.01. The third-order valence-electron chi connectivity index (χ3n) is 2.36. The molecule has 0 aliphatic heterocycles. The number of hydrogen-bond acceptors (Lipinski definition) is 6. The molecular formula is C10H5N5O2. The van der Waals surface area contributed by atoms with E-state index in [1.165, 1.54) is 30.9 Å². The van der Waals surface area contributed by atoms with Crippen molar-refractivity contribution < 1.29 is 4.92 Å². The van der Waals surface area contributed by atoms with Crippen molar-refractivity contribution in [3.05, 3.63) is 41.0 Å². The second-order valence-corrected chi connectivity index (χ2v) is 3.33. The summed E-state index contributed by atoms with van der Waals surface area (Å²) in [7, 11) is 0. The third kappa shape index (κ3) is 1.36. The molecular weight excluding hydrogens is 222 g/mol.